The molecular weight excluding hydrogens is 589 g/mol. The fraction of sp³-hybridized carbons (Fsp3) is 0.474. The van der Waals surface area contributed by atoms with Crippen LogP contribution in [-0.2, 0) is 21.1 Å². The fourth-order valence-electron chi connectivity index (χ4n) is 6.47. The van der Waals surface area contributed by atoms with Crippen LogP contribution in [0.25, 0.3) is 11.1 Å². The smallest absolute Gasteiger partial charge is 0.416 e. The number of unbranched alkanes of at least 4 members (excludes halogenated alkanes) is 2. The van der Waals surface area contributed by atoms with Crippen LogP contribution in [0, 0.1) is 0 Å². The van der Waals surface area contributed by atoms with Gasteiger partial charge in [0.15, 0.2) is 0 Å². The first-order chi connectivity index (χ1) is 22.1. The van der Waals surface area contributed by atoms with Crippen LogP contribution in [0.1, 0.15) is 93.1 Å². The van der Waals surface area contributed by atoms with Gasteiger partial charge < -0.3 is 15.0 Å². The second-order valence-electron chi connectivity index (χ2n) is 12.4. The summed E-state index contributed by atoms with van der Waals surface area (Å²) in [6.07, 6.45) is 3.32. The normalized spacial score (nSPS) is 15.7. The highest BCUT2D eigenvalue weighted by Crippen LogP contribution is 2.37. The zero-order valence-electron chi connectivity index (χ0n) is 27.1. The van der Waals surface area contributed by atoms with E-state index in [9.17, 15) is 22.8 Å². The van der Waals surface area contributed by atoms with Gasteiger partial charge in [-0.2, -0.15) is 13.2 Å². The van der Waals surface area contributed by atoms with Gasteiger partial charge in [-0.15, -0.1) is 0 Å². The Hall–Kier alpha value is -3.65. The van der Waals surface area contributed by atoms with Gasteiger partial charge in [0.2, 0.25) is 0 Å². The zero-order chi connectivity index (χ0) is 33.0. The molecule has 1 heterocycles. The lowest BCUT2D eigenvalue weighted by atomic mass is 9.72. The molecule has 1 amide bonds. The highest BCUT2D eigenvalue weighted by atomic mass is 19.4. The van der Waals surface area contributed by atoms with E-state index < -0.39 is 11.7 Å². The van der Waals surface area contributed by atoms with E-state index in [1.54, 1.807) is 24.3 Å². The summed E-state index contributed by atoms with van der Waals surface area (Å²) >= 11 is 0. The number of likely N-dealkylation sites (tertiary alicyclic amines) is 1. The number of carbonyl (C=O) groups excluding carboxylic acids is 2. The number of halogens is 3. The second-order valence-corrected chi connectivity index (χ2v) is 12.4. The third kappa shape index (κ3) is 9.68. The molecule has 5 nitrogen and oxygen atoms in total. The molecular formula is C38H47F3N2O3. The van der Waals surface area contributed by atoms with Crippen LogP contribution < -0.4 is 5.32 Å². The summed E-state index contributed by atoms with van der Waals surface area (Å²) in [5, 5.41) is 3.16. The van der Waals surface area contributed by atoms with Gasteiger partial charge in [0.25, 0.3) is 5.91 Å². The van der Waals surface area contributed by atoms with Crippen LogP contribution in [0.3, 0.4) is 0 Å². The molecule has 0 spiro atoms. The Labute approximate surface area is 271 Å². The van der Waals surface area contributed by atoms with Crippen molar-refractivity contribution >= 4 is 11.9 Å². The lowest BCUT2D eigenvalue weighted by Gasteiger charge is -2.35. The molecule has 46 heavy (non-hydrogen) atoms. The number of carbonyl (C=O) groups is 2. The molecule has 3 aromatic carbocycles. The Bertz CT molecular complexity index is 1390. The molecule has 0 aromatic heterocycles. The lowest BCUT2D eigenvalue weighted by molar-refractivity contribution is -0.145. The average Bonchev–Trinajstić information content (AvgIpc) is 3.07. The number of nitrogens with one attached hydrogen (secondary N) is 1. The van der Waals surface area contributed by atoms with E-state index in [1.807, 2.05) is 18.2 Å². The van der Waals surface area contributed by atoms with Crippen molar-refractivity contribution in [1.82, 2.24) is 10.2 Å². The van der Waals surface area contributed by atoms with Crippen molar-refractivity contribution in [1.29, 1.82) is 0 Å². The predicted molar refractivity (Wildman–Crippen MR) is 177 cm³/mol. The zero-order valence-corrected chi connectivity index (χ0v) is 27.1. The molecule has 0 bridgehead atoms. The van der Waals surface area contributed by atoms with E-state index in [1.165, 1.54) is 17.7 Å². The van der Waals surface area contributed by atoms with Gasteiger partial charge >= 0.3 is 12.1 Å². The Morgan fingerprint density at radius 3 is 2.17 bits per heavy atom. The number of amides is 1. The number of benzene rings is 3. The van der Waals surface area contributed by atoms with Crippen LogP contribution in [0.2, 0.25) is 0 Å². The van der Waals surface area contributed by atoms with Gasteiger partial charge in [-0.25, -0.2) is 0 Å². The molecule has 248 valence electrons. The minimum atomic E-state index is -4.41. The van der Waals surface area contributed by atoms with Crippen molar-refractivity contribution in [2.24, 2.45) is 0 Å². The van der Waals surface area contributed by atoms with E-state index in [0.29, 0.717) is 29.7 Å². The highest BCUT2D eigenvalue weighted by Gasteiger charge is 2.34. The van der Waals surface area contributed by atoms with Gasteiger partial charge in [0.05, 0.1) is 18.6 Å². The maximum Gasteiger partial charge on any atom is 0.416 e. The quantitative estimate of drug-likeness (QED) is 0.134. The Morgan fingerprint density at radius 1 is 0.848 bits per heavy atom. The van der Waals surface area contributed by atoms with Crippen LogP contribution in [0.15, 0.2) is 78.9 Å². The SMILES string of the molecule is CCCCCOC(=O)CC(CC)(CCCN1CCC(NC(=O)c2ccccc2-c2ccc(C(F)(F)F)cc2)CC1)c1ccccc1. The van der Waals surface area contributed by atoms with Crippen LogP contribution in [-0.4, -0.2) is 49.1 Å². The van der Waals surface area contributed by atoms with Gasteiger partial charge in [-0.3, -0.25) is 9.59 Å². The number of ether oxygens (including phenoxy) is 1. The molecule has 0 aliphatic carbocycles. The molecule has 1 saturated heterocycles. The van der Waals surface area contributed by atoms with Gasteiger partial charge in [-0.05, 0) is 80.0 Å². The van der Waals surface area contributed by atoms with Gasteiger partial charge in [-0.1, -0.05) is 87.4 Å². The van der Waals surface area contributed by atoms with Crippen molar-refractivity contribution in [3.05, 3.63) is 95.6 Å². The topological polar surface area (TPSA) is 58.6 Å². The molecule has 0 radical (unpaired) electrons. The molecule has 4 rings (SSSR count). The predicted octanol–water partition coefficient (Wildman–Crippen LogP) is 8.82. The summed E-state index contributed by atoms with van der Waals surface area (Å²) in [6, 6.07) is 22.3. The van der Waals surface area contributed by atoms with Crippen LogP contribution in [0.4, 0.5) is 13.2 Å². The summed E-state index contributed by atoms with van der Waals surface area (Å²) in [4.78, 5) is 28.6. The van der Waals surface area contributed by atoms with Gasteiger partial charge in [0.1, 0.15) is 0 Å². The first-order valence-corrected chi connectivity index (χ1v) is 16.7. The first kappa shape index (κ1) is 35.2. The van der Waals surface area contributed by atoms with Crippen molar-refractivity contribution in [2.75, 3.05) is 26.2 Å². The van der Waals surface area contributed by atoms with Crippen LogP contribution >= 0.6 is 0 Å². The molecule has 1 unspecified atom stereocenters. The van der Waals surface area contributed by atoms with Crippen molar-refractivity contribution in [3.63, 3.8) is 0 Å². The molecule has 1 atom stereocenters. The summed E-state index contributed by atoms with van der Waals surface area (Å²) in [6.45, 7) is 7.39. The lowest BCUT2D eigenvalue weighted by Crippen LogP contribution is -2.45. The largest absolute Gasteiger partial charge is 0.466 e. The monoisotopic (exact) mass is 636 g/mol. The number of alkyl halides is 3. The Kier molecular flexibility index (Phi) is 12.8. The van der Waals surface area contributed by atoms with Gasteiger partial charge in [0, 0.05) is 30.1 Å². The van der Waals surface area contributed by atoms with E-state index in [4.69, 9.17) is 4.74 Å². The maximum absolute atomic E-state index is 13.3. The third-order valence-electron chi connectivity index (χ3n) is 9.30. The molecule has 1 N–H and O–H groups in total. The van der Waals surface area contributed by atoms with E-state index in [2.05, 4.69) is 36.2 Å². The summed E-state index contributed by atoms with van der Waals surface area (Å²) < 4.78 is 44.8. The summed E-state index contributed by atoms with van der Waals surface area (Å²) in [7, 11) is 0. The van der Waals surface area contributed by atoms with Crippen molar-refractivity contribution in [2.45, 2.75) is 89.3 Å². The Balaban J connectivity index is 1.30. The molecule has 1 aliphatic rings. The van der Waals surface area contributed by atoms with Crippen molar-refractivity contribution < 1.29 is 27.5 Å². The molecule has 3 aromatic rings. The molecule has 1 fully saturated rings. The molecule has 8 heteroatoms. The summed E-state index contributed by atoms with van der Waals surface area (Å²) in [5.41, 5.74) is 1.82. The fourth-order valence-corrected chi connectivity index (χ4v) is 6.47. The molecule has 1 aliphatic heterocycles. The number of nitrogens with zero attached hydrogens (tertiary/aromatic N) is 1. The molecule has 0 saturated carbocycles. The second kappa shape index (κ2) is 16.8. The number of esters is 1. The van der Waals surface area contributed by atoms with Crippen LogP contribution in [0.5, 0.6) is 0 Å². The minimum Gasteiger partial charge on any atom is -0.466 e. The number of hydrogen-bond acceptors (Lipinski definition) is 4. The Morgan fingerprint density at radius 2 is 1.52 bits per heavy atom. The maximum atomic E-state index is 13.3. The number of hydrogen-bond donors (Lipinski definition) is 1. The van der Waals surface area contributed by atoms with E-state index in [0.717, 1.165) is 83.1 Å². The first-order valence-electron chi connectivity index (χ1n) is 16.7. The minimum absolute atomic E-state index is 0.0194. The van der Waals surface area contributed by atoms with E-state index >= 15 is 0 Å². The highest BCUT2D eigenvalue weighted by molar-refractivity contribution is 6.01. The van der Waals surface area contributed by atoms with E-state index in [-0.39, 0.29) is 23.3 Å². The standard InChI is InChI=1S/C38H47F3N2O3/c1-3-5-11-27-46-35(44)28-37(4-2,30-13-7-6-8-14-30)23-12-24-43-25-21-32(22-26-43)42-36(45)34-16-10-9-15-33(34)29-17-19-31(20-18-29)38(39,40)41/h6-10,13-20,32H,3-5,11-12,21-28H2,1-2H3,(H,42,45). The van der Waals surface area contributed by atoms with Crippen molar-refractivity contribution in [3.8, 4) is 11.1 Å². The number of piperidine rings is 1. The summed E-state index contributed by atoms with van der Waals surface area (Å²) in [5.74, 6) is -0.343. The average molecular weight is 637 g/mol. The third-order valence-corrected chi connectivity index (χ3v) is 9.30. The number of rotatable bonds is 15.